The molecule has 5 heteroatoms. The number of anilines is 1. The predicted molar refractivity (Wildman–Crippen MR) is 56.6 cm³/mol. The Labute approximate surface area is 87.0 Å². The van der Waals surface area contributed by atoms with Crippen molar-refractivity contribution in [3.63, 3.8) is 0 Å². The molecule has 0 radical (unpaired) electrons. The second-order valence-electron chi connectivity index (χ2n) is 3.15. The van der Waals surface area contributed by atoms with Crippen LogP contribution in [0.15, 0.2) is 11.6 Å². The van der Waals surface area contributed by atoms with E-state index in [0.717, 1.165) is 18.1 Å². The van der Waals surface area contributed by atoms with Crippen LogP contribution in [0.2, 0.25) is 0 Å². The normalized spacial score (nSPS) is 12.4. The number of hydrogen-bond donors (Lipinski definition) is 2. The summed E-state index contributed by atoms with van der Waals surface area (Å²) in [6.45, 7) is 2.51. The summed E-state index contributed by atoms with van der Waals surface area (Å²) >= 11 is 1.55. The average molecular weight is 214 g/mol. The Hall–Kier alpha value is -1.10. The van der Waals surface area contributed by atoms with Gasteiger partial charge in [-0.25, -0.2) is 4.98 Å². The molecule has 1 aromatic heterocycles. The van der Waals surface area contributed by atoms with E-state index in [-0.39, 0.29) is 5.92 Å². The van der Waals surface area contributed by atoms with E-state index in [4.69, 9.17) is 5.11 Å². The maximum Gasteiger partial charge on any atom is 0.306 e. The molecule has 2 N–H and O–H groups in total. The number of nitrogens with zero attached hydrogens (tertiary/aromatic N) is 1. The molecule has 0 aliphatic carbocycles. The number of nitrogens with one attached hydrogen (secondary N) is 1. The third-order valence-electron chi connectivity index (χ3n) is 1.94. The van der Waals surface area contributed by atoms with Crippen molar-refractivity contribution in [1.82, 2.24) is 4.98 Å². The summed E-state index contributed by atoms with van der Waals surface area (Å²) in [5.74, 6) is -0.979. The lowest BCUT2D eigenvalue weighted by molar-refractivity contribution is -0.141. The number of carboxylic acid groups (broad SMARTS) is 1. The first-order chi connectivity index (χ1) is 6.70. The molecule has 0 aromatic carbocycles. The van der Waals surface area contributed by atoms with Gasteiger partial charge in [0.15, 0.2) is 5.13 Å². The highest BCUT2D eigenvalue weighted by atomic mass is 32.1. The number of hydrogen-bond acceptors (Lipinski definition) is 4. The Balaban J connectivity index is 2.08. The summed E-state index contributed by atoms with van der Waals surface area (Å²) in [5, 5.41) is 14.6. The van der Waals surface area contributed by atoms with Gasteiger partial charge < -0.3 is 10.4 Å². The van der Waals surface area contributed by atoms with E-state index < -0.39 is 5.97 Å². The molecule has 0 saturated carbocycles. The summed E-state index contributed by atoms with van der Waals surface area (Å²) in [4.78, 5) is 14.6. The molecule has 0 amide bonds. The maximum absolute atomic E-state index is 10.5. The second kappa shape index (κ2) is 5.59. The lowest BCUT2D eigenvalue weighted by Gasteiger charge is -2.05. The fourth-order valence-corrected chi connectivity index (χ4v) is 1.60. The molecule has 0 saturated heterocycles. The largest absolute Gasteiger partial charge is 0.481 e. The first kappa shape index (κ1) is 11.0. The van der Waals surface area contributed by atoms with Crippen molar-refractivity contribution < 1.29 is 9.90 Å². The predicted octanol–water partition coefficient (Wildman–Crippen LogP) is 2.06. The summed E-state index contributed by atoms with van der Waals surface area (Å²) in [7, 11) is 0. The monoisotopic (exact) mass is 214 g/mol. The van der Waals surface area contributed by atoms with Crippen molar-refractivity contribution in [2.45, 2.75) is 19.8 Å². The van der Waals surface area contributed by atoms with Crippen LogP contribution in [0.5, 0.6) is 0 Å². The molecule has 1 rings (SSSR count). The standard InChI is InChI=1S/C9H14N2O2S/c1-7(8(12)13)3-2-4-10-9-11-5-6-14-9/h5-7H,2-4H2,1H3,(H,10,11)(H,12,13). The van der Waals surface area contributed by atoms with Crippen molar-refractivity contribution in [3.8, 4) is 0 Å². The molecule has 1 heterocycles. The molecule has 78 valence electrons. The fourth-order valence-electron chi connectivity index (χ4n) is 1.04. The van der Waals surface area contributed by atoms with Crippen LogP contribution in [-0.2, 0) is 4.79 Å². The zero-order chi connectivity index (χ0) is 10.4. The van der Waals surface area contributed by atoms with Crippen LogP contribution in [0.25, 0.3) is 0 Å². The summed E-state index contributed by atoms with van der Waals surface area (Å²) in [6, 6.07) is 0. The Kier molecular flexibility index (Phi) is 4.39. The van der Waals surface area contributed by atoms with Gasteiger partial charge in [-0.15, -0.1) is 11.3 Å². The topological polar surface area (TPSA) is 62.2 Å². The number of thiazole rings is 1. The first-order valence-corrected chi connectivity index (χ1v) is 5.44. The number of carbonyl (C=O) groups is 1. The molecule has 0 spiro atoms. The smallest absolute Gasteiger partial charge is 0.306 e. The van der Waals surface area contributed by atoms with Crippen LogP contribution in [0.3, 0.4) is 0 Å². The lowest BCUT2D eigenvalue weighted by Crippen LogP contribution is -2.11. The van der Waals surface area contributed by atoms with E-state index in [1.165, 1.54) is 0 Å². The van der Waals surface area contributed by atoms with E-state index in [1.54, 1.807) is 24.5 Å². The Morgan fingerprint density at radius 3 is 3.14 bits per heavy atom. The van der Waals surface area contributed by atoms with Gasteiger partial charge in [0.2, 0.25) is 0 Å². The number of carboxylic acids is 1. The highest BCUT2D eigenvalue weighted by Crippen LogP contribution is 2.11. The van der Waals surface area contributed by atoms with Gasteiger partial charge in [0.25, 0.3) is 0 Å². The molecular weight excluding hydrogens is 200 g/mol. The van der Waals surface area contributed by atoms with Crippen molar-refractivity contribution in [2.75, 3.05) is 11.9 Å². The van der Waals surface area contributed by atoms with E-state index in [1.807, 2.05) is 5.38 Å². The fraction of sp³-hybridized carbons (Fsp3) is 0.556. The third kappa shape index (κ3) is 3.74. The quantitative estimate of drug-likeness (QED) is 0.711. The molecule has 0 bridgehead atoms. The van der Waals surface area contributed by atoms with Gasteiger partial charge in [-0.2, -0.15) is 0 Å². The van der Waals surface area contributed by atoms with Crippen LogP contribution in [0.1, 0.15) is 19.8 Å². The molecule has 0 fully saturated rings. The van der Waals surface area contributed by atoms with Crippen LogP contribution in [-0.4, -0.2) is 22.6 Å². The number of aliphatic carboxylic acids is 1. The molecule has 4 nitrogen and oxygen atoms in total. The van der Waals surface area contributed by atoms with Gasteiger partial charge in [-0.3, -0.25) is 4.79 Å². The van der Waals surface area contributed by atoms with E-state index in [2.05, 4.69) is 10.3 Å². The SMILES string of the molecule is CC(CCCNc1nccs1)C(=O)O. The van der Waals surface area contributed by atoms with Crippen molar-refractivity contribution in [1.29, 1.82) is 0 Å². The lowest BCUT2D eigenvalue weighted by atomic mass is 10.1. The Bertz CT molecular complexity index is 274. The minimum atomic E-state index is -0.723. The molecular formula is C9H14N2O2S. The molecule has 1 unspecified atom stereocenters. The van der Waals surface area contributed by atoms with Crippen LogP contribution < -0.4 is 5.32 Å². The summed E-state index contributed by atoms with van der Waals surface area (Å²) < 4.78 is 0. The van der Waals surface area contributed by atoms with Crippen LogP contribution >= 0.6 is 11.3 Å². The van der Waals surface area contributed by atoms with Gasteiger partial charge in [0.05, 0.1) is 5.92 Å². The van der Waals surface area contributed by atoms with Crippen molar-refractivity contribution in [3.05, 3.63) is 11.6 Å². The number of rotatable bonds is 6. The molecule has 14 heavy (non-hydrogen) atoms. The van der Waals surface area contributed by atoms with Gasteiger partial charge >= 0.3 is 5.97 Å². The van der Waals surface area contributed by atoms with Crippen LogP contribution in [0.4, 0.5) is 5.13 Å². The minimum absolute atomic E-state index is 0.256. The van der Waals surface area contributed by atoms with Crippen molar-refractivity contribution in [2.24, 2.45) is 5.92 Å². The second-order valence-corrected chi connectivity index (χ2v) is 4.04. The number of aromatic nitrogens is 1. The van der Waals surface area contributed by atoms with E-state index in [9.17, 15) is 4.79 Å². The van der Waals surface area contributed by atoms with Gasteiger partial charge in [0.1, 0.15) is 0 Å². The van der Waals surface area contributed by atoms with E-state index in [0.29, 0.717) is 6.42 Å². The highest BCUT2D eigenvalue weighted by molar-refractivity contribution is 7.13. The molecule has 1 atom stereocenters. The summed E-state index contributed by atoms with van der Waals surface area (Å²) in [5.41, 5.74) is 0. The molecule has 0 aliphatic heterocycles. The zero-order valence-corrected chi connectivity index (χ0v) is 8.88. The van der Waals surface area contributed by atoms with Gasteiger partial charge in [-0.05, 0) is 12.8 Å². The third-order valence-corrected chi connectivity index (χ3v) is 2.67. The zero-order valence-electron chi connectivity index (χ0n) is 8.06. The Morgan fingerprint density at radius 1 is 1.79 bits per heavy atom. The summed E-state index contributed by atoms with van der Waals surface area (Å²) in [6.07, 6.45) is 3.30. The average Bonchev–Trinajstić information content (AvgIpc) is 2.64. The van der Waals surface area contributed by atoms with Crippen LogP contribution in [0, 0.1) is 5.92 Å². The maximum atomic E-state index is 10.5. The van der Waals surface area contributed by atoms with Gasteiger partial charge in [-0.1, -0.05) is 6.92 Å². The highest BCUT2D eigenvalue weighted by Gasteiger charge is 2.09. The molecule has 0 aliphatic rings. The van der Waals surface area contributed by atoms with E-state index >= 15 is 0 Å². The minimum Gasteiger partial charge on any atom is -0.481 e. The van der Waals surface area contributed by atoms with Crippen molar-refractivity contribution >= 4 is 22.4 Å². The Morgan fingerprint density at radius 2 is 2.57 bits per heavy atom. The molecule has 1 aromatic rings. The first-order valence-electron chi connectivity index (χ1n) is 4.56. The van der Waals surface area contributed by atoms with Gasteiger partial charge in [0, 0.05) is 18.1 Å².